The maximum atomic E-state index is 13.8. The highest BCUT2D eigenvalue weighted by Crippen LogP contribution is 2.18. The van der Waals surface area contributed by atoms with Crippen molar-refractivity contribution in [1.29, 1.82) is 0 Å². The number of hydrogen-bond donors (Lipinski definition) is 1. The zero-order chi connectivity index (χ0) is 15.2. The van der Waals surface area contributed by atoms with E-state index in [0.29, 0.717) is 5.92 Å². The Morgan fingerprint density at radius 3 is 2.43 bits per heavy atom. The van der Waals surface area contributed by atoms with E-state index in [9.17, 15) is 4.39 Å². The lowest BCUT2D eigenvalue weighted by Gasteiger charge is -2.18. The molecule has 112 valence electrons. The molecule has 1 atom stereocenters. The number of aryl methyl sites for hydroxylation is 2. The van der Waals surface area contributed by atoms with Gasteiger partial charge in [0.05, 0.1) is 0 Å². The summed E-state index contributed by atoms with van der Waals surface area (Å²) in [6.45, 7) is 5.16. The van der Waals surface area contributed by atoms with Gasteiger partial charge in [0, 0.05) is 0 Å². The maximum Gasteiger partial charge on any atom is 0.126 e. The van der Waals surface area contributed by atoms with E-state index in [4.69, 9.17) is 0 Å². The molecule has 0 saturated carbocycles. The lowest BCUT2D eigenvalue weighted by atomic mass is 9.91. The quantitative estimate of drug-likeness (QED) is 0.844. The number of hydrogen-bond acceptors (Lipinski definition) is 1. The first-order chi connectivity index (χ1) is 10.1. The van der Waals surface area contributed by atoms with Crippen molar-refractivity contribution in [2.24, 2.45) is 5.92 Å². The minimum atomic E-state index is -0.0984. The van der Waals surface area contributed by atoms with Crippen molar-refractivity contribution < 1.29 is 4.39 Å². The summed E-state index contributed by atoms with van der Waals surface area (Å²) in [5, 5.41) is 3.23. The van der Waals surface area contributed by atoms with Crippen molar-refractivity contribution in [3.63, 3.8) is 0 Å². The van der Waals surface area contributed by atoms with Crippen molar-refractivity contribution >= 4 is 0 Å². The van der Waals surface area contributed by atoms with Crippen LogP contribution in [0.2, 0.25) is 0 Å². The van der Waals surface area contributed by atoms with Crippen LogP contribution in [0, 0.1) is 25.6 Å². The summed E-state index contributed by atoms with van der Waals surface area (Å²) in [5.41, 5.74) is 4.77. The number of benzene rings is 2. The molecule has 0 bridgehead atoms. The van der Waals surface area contributed by atoms with Gasteiger partial charge in [0.25, 0.3) is 0 Å². The van der Waals surface area contributed by atoms with E-state index < -0.39 is 0 Å². The molecule has 0 amide bonds. The summed E-state index contributed by atoms with van der Waals surface area (Å²) in [6.07, 6.45) is 1.73. The average Bonchev–Trinajstić information content (AvgIpc) is 2.46. The monoisotopic (exact) mass is 285 g/mol. The van der Waals surface area contributed by atoms with Crippen LogP contribution in [-0.4, -0.2) is 13.6 Å². The molecule has 1 nitrogen and oxygen atoms in total. The Balaban J connectivity index is 2.11. The zero-order valence-electron chi connectivity index (χ0n) is 13.1. The Kier molecular flexibility index (Phi) is 5.51. The van der Waals surface area contributed by atoms with Crippen LogP contribution in [0.4, 0.5) is 4.39 Å². The molecule has 1 unspecified atom stereocenters. The van der Waals surface area contributed by atoms with Gasteiger partial charge < -0.3 is 5.32 Å². The lowest BCUT2D eigenvalue weighted by molar-refractivity contribution is 0.480. The lowest BCUT2D eigenvalue weighted by Crippen LogP contribution is -2.23. The van der Waals surface area contributed by atoms with Gasteiger partial charge in [0.1, 0.15) is 5.82 Å². The molecule has 21 heavy (non-hydrogen) atoms. The molecule has 2 rings (SSSR count). The van der Waals surface area contributed by atoms with Gasteiger partial charge in [0.2, 0.25) is 0 Å². The summed E-state index contributed by atoms with van der Waals surface area (Å²) < 4.78 is 13.8. The SMILES string of the molecule is CNCC(Cc1ccc(C)c(C)c1)Cc1ccccc1F. The summed E-state index contributed by atoms with van der Waals surface area (Å²) in [7, 11) is 1.95. The fourth-order valence-corrected chi connectivity index (χ4v) is 2.74. The van der Waals surface area contributed by atoms with Crippen LogP contribution in [0.15, 0.2) is 42.5 Å². The van der Waals surface area contributed by atoms with Crippen molar-refractivity contribution in [1.82, 2.24) is 5.32 Å². The van der Waals surface area contributed by atoms with E-state index in [1.807, 2.05) is 19.2 Å². The number of halogens is 1. The molecule has 0 aromatic heterocycles. The molecule has 0 fully saturated rings. The molecule has 2 aromatic carbocycles. The molecule has 0 radical (unpaired) electrons. The first-order valence-electron chi connectivity index (χ1n) is 7.54. The van der Waals surface area contributed by atoms with Gasteiger partial charge in [-0.2, -0.15) is 0 Å². The molecule has 0 spiro atoms. The predicted molar refractivity (Wildman–Crippen MR) is 87.1 cm³/mol. The van der Waals surface area contributed by atoms with Crippen LogP contribution in [0.3, 0.4) is 0 Å². The molecule has 0 saturated heterocycles. The molecule has 1 N–H and O–H groups in total. The molecular formula is C19H24FN. The van der Waals surface area contributed by atoms with E-state index in [2.05, 4.69) is 37.4 Å². The molecule has 0 aliphatic carbocycles. The topological polar surface area (TPSA) is 12.0 Å². The van der Waals surface area contributed by atoms with E-state index >= 15 is 0 Å². The Labute approximate surface area is 127 Å². The molecule has 0 aliphatic heterocycles. The first-order valence-corrected chi connectivity index (χ1v) is 7.54. The minimum Gasteiger partial charge on any atom is -0.319 e. The molecule has 2 aromatic rings. The van der Waals surface area contributed by atoms with Crippen LogP contribution in [0.1, 0.15) is 22.3 Å². The van der Waals surface area contributed by atoms with Gasteiger partial charge in [0.15, 0.2) is 0 Å². The fraction of sp³-hybridized carbons (Fsp3) is 0.368. The van der Waals surface area contributed by atoms with Crippen molar-refractivity contribution in [2.75, 3.05) is 13.6 Å². The van der Waals surface area contributed by atoms with E-state index in [-0.39, 0.29) is 5.82 Å². The van der Waals surface area contributed by atoms with Crippen molar-refractivity contribution in [3.05, 3.63) is 70.5 Å². The van der Waals surface area contributed by atoms with Gasteiger partial charge in [-0.15, -0.1) is 0 Å². The van der Waals surface area contributed by atoms with E-state index in [1.54, 1.807) is 12.1 Å². The zero-order valence-corrected chi connectivity index (χ0v) is 13.1. The summed E-state index contributed by atoms with van der Waals surface area (Å²) in [4.78, 5) is 0. The first kappa shape index (κ1) is 15.7. The Bertz CT molecular complexity index is 592. The average molecular weight is 285 g/mol. The van der Waals surface area contributed by atoms with Crippen LogP contribution in [0.25, 0.3) is 0 Å². The highest BCUT2D eigenvalue weighted by atomic mass is 19.1. The Morgan fingerprint density at radius 1 is 1.00 bits per heavy atom. The smallest absolute Gasteiger partial charge is 0.126 e. The summed E-state index contributed by atoms with van der Waals surface area (Å²) in [5.74, 6) is 0.299. The van der Waals surface area contributed by atoms with E-state index in [0.717, 1.165) is 24.9 Å². The molecule has 0 heterocycles. The van der Waals surface area contributed by atoms with Gasteiger partial charge in [-0.3, -0.25) is 0 Å². The summed E-state index contributed by atoms with van der Waals surface area (Å²) in [6, 6.07) is 13.7. The highest BCUT2D eigenvalue weighted by Gasteiger charge is 2.13. The minimum absolute atomic E-state index is 0.0984. The maximum absolute atomic E-state index is 13.8. The third-order valence-corrected chi connectivity index (χ3v) is 4.05. The van der Waals surface area contributed by atoms with Crippen LogP contribution in [0.5, 0.6) is 0 Å². The standard InChI is InChI=1S/C19H24FN/c1-14-8-9-16(10-15(14)2)11-17(13-21-3)12-18-6-4-5-7-19(18)20/h4-10,17,21H,11-13H2,1-3H3. The highest BCUT2D eigenvalue weighted by molar-refractivity contribution is 5.30. The second-order valence-electron chi connectivity index (χ2n) is 5.84. The van der Waals surface area contributed by atoms with Gasteiger partial charge in [-0.1, -0.05) is 36.4 Å². The third-order valence-electron chi connectivity index (χ3n) is 4.05. The normalized spacial score (nSPS) is 12.4. The predicted octanol–water partition coefficient (Wildman–Crippen LogP) is 4.06. The second kappa shape index (κ2) is 7.37. The molecular weight excluding hydrogens is 261 g/mol. The molecule has 0 aliphatic rings. The van der Waals surface area contributed by atoms with Crippen molar-refractivity contribution in [2.45, 2.75) is 26.7 Å². The van der Waals surface area contributed by atoms with Crippen LogP contribution in [-0.2, 0) is 12.8 Å². The summed E-state index contributed by atoms with van der Waals surface area (Å²) >= 11 is 0. The number of rotatable bonds is 6. The number of nitrogens with one attached hydrogen (secondary N) is 1. The second-order valence-corrected chi connectivity index (χ2v) is 5.84. The van der Waals surface area contributed by atoms with Gasteiger partial charge >= 0.3 is 0 Å². The van der Waals surface area contributed by atoms with Gasteiger partial charge in [-0.25, -0.2) is 4.39 Å². The largest absolute Gasteiger partial charge is 0.319 e. The Morgan fingerprint density at radius 2 is 1.76 bits per heavy atom. The molecule has 2 heteroatoms. The van der Waals surface area contributed by atoms with Crippen molar-refractivity contribution in [3.8, 4) is 0 Å². The Hall–Kier alpha value is -1.67. The fourth-order valence-electron chi connectivity index (χ4n) is 2.74. The van der Waals surface area contributed by atoms with Gasteiger partial charge in [-0.05, 0) is 74.5 Å². The van der Waals surface area contributed by atoms with Crippen LogP contribution >= 0.6 is 0 Å². The third kappa shape index (κ3) is 4.40. The van der Waals surface area contributed by atoms with Crippen LogP contribution < -0.4 is 5.32 Å². The van der Waals surface area contributed by atoms with E-state index in [1.165, 1.54) is 16.7 Å².